The Morgan fingerprint density at radius 3 is 2.54 bits per heavy atom. The number of aliphatic hydroxyl groups excluding tert-OH is 1. The van der Waals surface area contributed by atoms with Gasteiger partial charge in [-0.3, -0.25) is 0 Å². The monoisotopic (exact) mass is 394 g/mol. The summed E-state index contributed by atoms with van der Waals surface area (Å²) in [7, 11) is 1.65. The van der Waals surface area contributed by atoms with E-state index in [-0.39, 0.29) is 10.2 Å². The number of halogens is 1. The van der Waals surface area contributed by atoms with Crippen molar-refractivity contribution >= 4 is 21.9 Å². The molecule has 1 saturated carbocycles. The summed E-state index contributed by atoms with van der Waals surface area (Å²) in [5.74, 6) is 0.827. The van der Waals surface area contributed by atoms with Crippen LogP contribution in [0, 0.1) is 5.92 Å². The number of aliphatic hydroxyl groups is 1. The zero-order valence-corrected chi connectivity index (χ0v) is 15.5. The van der Waals surface area contributed by atoms with E-state index in [9.17, 15) is 9.90 Å². The van der Waals surface area contributed by atoms with Crippen molar-refractivity contribution in [3.8, 4) is 5.75 Å². The number of hydrogen-bond donors (Lipinski definition) is 1. The van der Waals surface area contributed by atoms with Gasteiger partial charge in [0.05, 0.1) is 7.11 Å². The van der Waals surface area contributed by atoms with Crippen molar-refractivity contribution in [1.29, 1.82) is 0 Å². The molecule has 1 unspecified atom stereocenters. The fraction of sp³-hybridized carbons (Fsp3) is 0.526. The van der Waals surface area contributed by atoms with Gasteiger partial charge in [-0.1, -0.05) is 25.0 Å². The standard InChI is InChI=1S/C19H23BrO4/c1-23-15-8-6-13(7-9-15)10-11-19(14-4-2-3-5-14)12-16(21)17(20)18(22)24-19/h6-9,14,21H,2-5,10-12H2,1H3. The number of aryl methyl sites for hydroxylation is 1. The number of carbonyl (C=O) groups excluding carboxylic acids is 1. The smallest absolute Gasteiger partial charge is 0.349 e. The second-order valence-corrected chi connectivity index (χ2v) is 7.51. The summed E-state index contributed by atoms with van der Waals surface area (Å²) in [6, 6.07) is 7.96. The van der Waals surface area contributed by atoms with Gasteiger partial charge in [0.2, 0.25) is 0 Å². The van der Waals surface area contributed by atoms with Gasteiger partial charge in [0.1, 0.15) is 21.6 Å². The van der Waals surface area contributed by atoms with Crippen molar-refractivity contribution in [3.05, 3.63) is 40.1 Å². The molecule has 0 spiro atoms. The molecule has 1 aliphatic heterocycles. The lowest BCUT2D eigenvalue weighted by Gasteiger charge is -2.41. The Morgan fingerprint density at radius 1 is 1.29 bits per heavy atom. The van der Waals surface area contributed by atoms with E-state index in [1.165, 1.54) is 5.56 Å². The molecule has 1 aromatic rings. The molecule has 5 heteroatoms. The molecular weight excluding hydrogens is 372 g/mol. The van der Waals surface area contributed by atoms with Crippen molar-refractivity contribution < 1.29 is 19.4 Å². The van der Waals surface area contributed by atoms with Gasteiger partial charge < -0.3 is 14.6 Å². The van der Waals surface area contributed by atoms with Gasteiger partial charge in [-0.05, 0) is 65.2 Å². The van der Waals surface area contributed by atoms with Crippen LogP contribution >= 0.6 is 15.9 Å². The minimum Gasteiger partial charge on any atom is -0.511 e. The fourth-order valence-corrected chi connectivity index (χ4v) is 4.14. The van der Waals surface area contributed by atoms with Crippen LogP contribution in [0.4, 0.5) is 0 Å². The second-order valence-electron chi connectivity index (χ2n) is 6.72. The molecule has 4 nitrogen and oxygen atoms in total. The number of carbonyl (C=O) groups is 1. The van der Waals surface area contributed by atoms with E-state index in [0.717, 1.165) is 44.3 Å². The lowest BCUT2D eigenvalue weighted by molar-refractivity contribution is -0.166. The quantitative estimate of drug-likeness (QED) is 0.737. The number of esters is 1. The minimum absolute atomic E-state index is 0.118. The Morgan fingerprint density at radius 2 is 1.96 bits per heavy atom. The summed E-state index contributed by atoms with van der Waals surface area (Å²) in [4.78, 5) is 12.2. The average Bonchev–Trinajstić information content (AvgIpc) is 3.13. The molecule has 0 radical (unpaired) electrons. The van der Waals surface area contributed by atoms with Crippen molar-refractivity contribution in [2.45, 2.75) is 50.5 Å². The number of rotatable bonds is 5. The summed E-state index contributed by atoms with van der Waals surface area (Å²) >= 11 is 3.13. The van der Waals surface area contributed by atoms with Crippen LogP contribution in [0.2, 0.25) is 0 Å². The van der Waals surface area contributed by atoms with Gasteiger partial charge in [-0.2, -0.15) is 0 Å². The molecule has 1 aliphatic carbocycles. The van der Waals surface area contributed by atoms with Crippen LogP contribution in [0.3, 0.4) is 0 Å². The topological polar surface area (TPSA) is 55.8 Å². The van der Waals surface area contributed by atoms with Crippen LogP contribution in [-0.4, -0.2) is 23.8 Å². The summed E-state index contributed by atoms with van der Waals surface area (Å²) in [5, 5.41) is 10.2. The van der Waals surface area contributed by atoms with Gasteiger partial charge >= 0.3 is 5.97 Å². The number of ether oxygens (including phenoxy) is 2. The fourth-order valence-electron chi connectivity index (χ4n) is 3.92. The van der Waals surface area contributed by atoms with Crippen LogP contribution in [-0.2, 0) is 16.0 Å². The lowest BCUT2D eigenvalue weighted by atomic mass is 9.77. The van der Waals surface area contributed by atoms with Crippen LogP contribution in [0.25, 0.3) is 0 Å². The maximum absolute atomic E-state index is 12.2. The zero-order valence-electron chi connectivity index (χ0n) is 13.9. The Labute approximate surface area is 151 Å². The van der Waals surface area contributed by atoms with E-state index in [2.05, 4.69) is 15.9 Å². The van der Waals surface area contributed by atoms with Gasteiger partial charge in [0.25, 0.3) is 0 Å². The van der Waals surface area contributed by atoms with E-state index in [4.69, 9.17) is 9.47 Å². The molecule has 1 heterocycles. The summed E-state index contributed by atoms with van der Waals surface area (Å²) in [6.45, 7) is 0. The molecule has 1 aromatic carbocycles. The third-order valence-corrected chi connectivity index (χ3v) is 6.07. The van der Waals surface area contributed by atoms with Gasteiger partial charge in [0, 0.05) is 6.42 Å². The van der Waals surface area contributed by atoms with E-state index in [0.29, 0.717) is 12.3 Å². The maximum Gasteiger partial charge on any atom is 0.349 e. The van der Waals surface area contributed by atoms with Crippen molar-refractivity contribution in [3.63, 3.8) is 0 Å². The maximum atomic E-state index is 12.2. The first kappa shape index (κ1) is 17.3. The van der Waals surface area contributed by atoms with Gasteiger partial charge in [0.15, 0.2) is 0 Å². The summed E-state index contributed by atoms with van der Waals surface area (Å²) in [5.41, 5.74) is 0.590. The highest BCUT2D eigenvalue weighted by atomic mass is 79.9. The highest BCUT2D eigenvalue weighted by Gasteiger charge is 2.47. The van der Waals surface area contributed by atoms with Crippen LogP contribution in [0.1, 0.15) is 44.1 Å². The molecule has 130 valence electrons. The first-order chi connectivity index (χ1) is 11.5. The number of benzene rings is 1. The Kier molecular flexibility index (Phi) is 5.18. The van der Waals surface area contributed by atoms with E-state index in [1.54, 1.807) is 7.11 Å². The molecule has 2 aliphatic rings. The summed E-state index contributed by atoms with van der Waals surface area (Å²) in [6.07, 6.45) is 6.37. The first-order valence-corrected chi connectivity index (χ1v) is 9.27. The molecule has 1 atom stereocenters. The van der Waals surface area contributed by atoms with Gasteiger partial charge in [-0.25, -0.2) is 4.79 Å². The summed E-state index contributed by atoms with van der Waals surface area (Å²) < 4.78 is 11.2. The number of methoxy groups -OCH3 is 1. The molecule has 1 N–H and O–H groups in total. The Hall–Kier alpha value is -1.49. The molecule has 1 fully saturated rings. The normalized spacial score (nSPS) is 25.0. The highest BCUT2D eigenvalue weighted by molar-refractivity contribution is 9.12. The molecular formula is C19H23BrO4. The SMILES string of the molecule is COc1ccc(CCC2(C3CCCC3)CC(O)=C(Br)C(=O)O2)cc1. The predicted molar refractivity (Wildman–Crippen MR) is 95.3 cm³/mol. The van der Waals surface area contributed by atoms with E-state index >= 15 is 0 Å². The average molecular weight is 395 g/mol. The number of cyclic esters (lactones) is 1. The Balaban J connectivity index is 1.79. The zero-order chi connectivity index (χ0) is 17.2. The van der Waals surface area contributed by atoms with Crippen LogP contribution in [0.15, 0.2) is 34.5 Å². The van der Waals surface area contributed by atoms with Crippen molar-refractivity contribution in [2.75, 3.05) is 7.11 Å². The first-order valence-electron chi connectivity index (χ1n) is 8.48. The van der Waals surface area contributed by atoms with Crippen molar-refractivity contribution in [1.82, 2.24) is 0 Å². The molecule has 0 bridgehead atoms. The molecule has 0 aromatic heterocycles. The molecule has 3 rings (SSSR count). The predicted octanol–water partition coefficient (Wildman–Crippen LogP) is 4.67. The second kappa shape index (κ2) is 7.18. The van der Waals surface area contributed by atoms with Crippen molar-refractivity contribution in [2.24, 2.45) is 5.92 Å². The van der Waals surface area contributed by atoms with Crippen LogP contribution < -0.4 is 4.74 Å². The Bertz CT molecular complexity index is 631. The van der Waals surface area contributed by atoms with Crippen LogP contribution in [0.5, 0.6) is 5.75 Å². The van der Waals surface area contributed by atoms with E-state index < -0.39 is 11.6 Å². The highest BCUT2D eigenvalue weighted by Crippen LogP contribution is 2.46. The molecule has 0 amide bonds. The molecule has 24 heavy (non-hydrogen) atoms. The third kappa shape index (κ3) is 3.46. The van der Waals surface area contributed by atoms with E-state index in [1.807, 2.05) is 24.3 Å². The largest absolute Gasteiger partial charge is 0.511 e. The lowest BCUT2D eigenvalue weighted by Crippen LogP contribution is -2.45. The van der Waals surface area contributed by atoms with Gasteiger partial charge in [-0.15, -0.1) is 0 Å². The number of hydrogen-bond acceptors (Lipinski definition) is 4. The minimum atomic E-state index is -0.588. The third-order valence-electron chi connectivity index (χ3n) is 5.29. The molecule has 0 saturated heterocycles.